The van der Waals surface area contributed by atoms with Crippen molar-refractivity contribution in [2.75, 3.05) is 13.1 Å². The first-order chi connectivity index (χ1) is 5.83. The summed E-state index contributed by atoms with van der Waals surface area (Å²) in [5, 5.41) is 6.11. The molecule has 1 fully saturated rings. The SMILES string of the molecule is C=CCNC1CCCNC(=O)C1. The normalized spacial score (nSPS) is 24.3. The van der Waals surface area contributed by atoms with Crippen LogP contribution in [0, 0.1) is 0 Å². The molecule has 1 atom stereocenters. The fourth-order valence-corrected chi connectivity index (χ4v) is 1.40. The van der Waals surface area contributed by atoms with Crippen molar-refractivity contribution < 1.29 is 4.79 Å². The number of nitrogens with one attached hydrogen (secondary N) is 2. The van der Waals surface area contributed by atoms with Gasteiger partial charge in [-0.1, -0.05) is 6.08 Å². The summed E-state index contributed by atoms with van der Waals surface area (Å²) in [4.78, 5) is 11.1. The molecule has 0 radical (unpaired) electrons. The van der Waals surface area contributed by atoms with Gasteiger partial charge in [0.15, 0.2) is 0 Å². The third kappa shape index (κ3) is 3.05. The van der Waals surface area contributed by atoms with Crippen LogP contribution in [0.5, 0.6) is 0 Å². The number of hydrogen-bond acceptors (Lipinski definition) is 2. The molecule has 0 spiro atoms. The van der Waals surface area contributed by atoms with Crippen LogP contribution < -0.4 is 10.6 Å². The van der Waals surface area contributed by atoms with Crippen LogP contribution in [0.4, 0.5) is 0 Å². The van der Waals surface area contributed by atoms with E-state index in [2.05, 4.69) is 17.2 Å². The fraction of sp³-hybridized carbons (Fsp3) is 0.667. The van der Waals surface area contributed by atoms with Crippen molar-refractivity contribution in [2.45, 2.75) is 25.3 Å². The number of carbonyl (C=O) groups is 1. The topological polar surface area (TPSA) is 41.1 Å². The second-order valence-electron chi connectivity index (χ2n) is 3.09. The van der Waals surface area contributed by atoms with Crippen LogP contribution in [0.2, 0.25) is 0 Å². The minimum atomic E-state index is 0.161. The molecule has 0 aromatic carbocycles. The molecular weight excluding hydrogens is 152 g/mol. The maximum absolute atomic E-state index is 11.1. The Bertz CT molecular complexity index is 168. The molecule has 0 bridgehead atoms. The van der Waals surface area contributed by atoms with E-state index in [1.807, 2.05) is 6.08 Å². The molecule has 1 rings (SSSR count). The van der Waals surface area contributed by atoms with Crippen molar-refractivity contribution in [1.82, 2.24) is 10.6 Å². The largest absolute Gasteiger partial charge is 0.356 e. The number of carbonyl (C=O) groups excluding carboxylic acids is 1. The van der Waals surface area contributed by atoms with Gasteiger partial charge < -0.3 is 10.6 Å². The average Bonchev–Trinajstić information content (AvgIpc) is 2.26. The van der Waals surface area contributed by atoms with Gasteiger partial charge in [0.1, 0.15) is 0 Å². The lowest BCUT2D eigenvalue weighted by Gasteiger charge is -2.12. The van der Waals surface area contributed by atoms with E-state index < -0.39 is 0 Å². The van der Waals surface area contributed by atoms with Crippen LogP contribution in [0.25, 0.3) is 0 Å². The Kier molecular flexibility index (Phi) is 3.80. The molecule has 68 valence electrons. The Balaban J connectivity index is 2.30. The van der Waals surface area contributed by atoms with Crippen molar-refractivity contribution in [3.8, 4) is 0 Å². The summed E-state index contributed by atoms with van der Waals surface area (Å²) in [5.41, 5.74) is 0. The first kappa shape index (κ1) is 9.26. The summed E-state index contributed by atoms with van der Waals surface area (Å²) in [6.45, 7) is 5.24. The molecule has 0 saturated carbocycles. The molecular formula is C9H16N2O. The summed E-state index contributed by atoms with van der Waals surface area (Å²) in [7, 11) is 0. The highest BCUT2D eigenvalue weighted by atomic mass is 16.1. The maximum atomic E-state index is 11.1. The van der Waals surface area contributed by atoms with Crippen molar-refractivity contribution in [3.05, 3.63) is 12.7 Å². The number of hydrogen-bond donors (Lipinski definition) is 2. The van der Waals surface area contributed by atoms with E-state index in [0.717, 1.165) is 25.9 Å². The molecule has 1 amide bonds. The molecule has 1 saturated heterocycles. The van der Waals surface area contributed by atoms with Gasteiger partial charge in [-0.25, -0.2) is 0 Å². The summed E-state index contributed by atoms with van der Waals surface area (Å²) >= 11 is 0. The summed E-state index contributed by atoms with van der Waals surface area (Å²) < 4.78 is 0. The van der Waals surface area contributed by atoms with Gasteiger partial charge >= 0.3 is 0 Å². The van der Waals surface area contributed by atoms with Crippen LogP contribution in [0.1, 0.15) is 19.3 Å². The molecule has 0 aromatic rings. The number of amides is 1. The van der Waals surface area contributed by atoms with Crippen LogP contribution in [-0.4, -0.2) is 25.0 Å². The monoisotopic (exact) mass is 168 g/mol. The van der Waals surface area contributed by atoms with E-state index in [-0.39, 0.29) is 5.91 Å². The summed E-state index contributed by atoms with van der Waals surface area (Å²) in [6.07, 6.45) is 4.57. The zero-order chi connectivity index (χ0) is 8.81. The second-order valence-corrected chi connectivity index (χ2v) is 3.09. The van der Waals surface area contributed by atoms with E-state index in [1.165, 1.54) is 0 Å². The molecule has 12 heavy (non-hydrogen) atoms. The Morgan fingerprint density at radius 3 is 3.33 bits per heavy atom. The molecule has 2 N–H and O–H groups in total. The maximum Gasteiger partial charge on any atom is 0.221 e. The predicted octanol–water partition coefficient (Wildman–Crippen LogP) is 0.431. The summed E-state index contributed by atoms with van der Waals surface area (Å²) in [5.74, 6) is 0.161. The molecule has 0 aliphatic carbocycles. The van der Waals surface area contributed by atoms with E-state index in [0.29, 0.717) is 12.5 Å². The Morgan fingerprint density at radius 1 is 1.75 bits per heavy atom. The first-order valence-corrected chi connectivity index (χ1v) is 4.44. The lowest BCUT2D eigenvalue weighted by Crippen LogP contribution is -2.32. The minimum absolute atomic E-state index is 0.161. The van der Waals surface area contributed by atoms with Crippen LogP contribution in [0.15, 0.2) is 12.7 Å². The van der Waals surface area contributed by atoms with Gasteiger partial charge in [-0.15, -0.1) is 6.58 Å². The zero-order valence-corrected chi connectivity index (χ0v) is 7.31. The second kappa shape index (κ2) is 4.93. The average molecular weight is 168 g/mol. The lowest BCUT2D eigenvalue weighted by atomic mass is 10.1. The molecule has 0 aromatic heterocycles. The predicted molar refractivity (Wildman–Crippen MR) is 48.8 cm³/mol. The van der Waals surface area contributed by atoms with E-state index in [9.17, 15) is 4.79 Å². The molecule has 1 unspecified atom stereocenters. The van der Waals surface area contributed by atoms with Gasteiger partial charge in [-0.3, -0.25) is 4.79 Å². The first-order valence-electron chi connectivity index (χ1n) is 4.44. The quantitative estimate of drug-likeness (QED) is 0.600. The van der Waals surface area contributed by atoms with Gasteiger partial charge in [-0.2, -0.15) is 0 Å². The van der Waals surface area contributed by atoms with E-state index in [1.54, 1.807) is 0 Å². The summed E-state index contributed by atoms with van der Waals surface area (Å²) in [6, 6.07) is 0.338. The van der Waals surface area contributed by atoms with Crippen molar-refractivity contribution in [3.63, 3.8) is 0 Å². The van der Waals surface area contributed by atoms with E-state index in [4.69, 9.17) is 0 Å². The highest BCUT2D eigenvalue weighted by molar-refractivity contribution is 5.76. The van der Waals surface area contributed by atoms with Crippen molar-refractivity contribution >= 4 is 5.91 Å². The smallest absolute Gasteiger partial charge is 0.221 e. The molecule has 1 heterocycles. The van der Waals surface area contributed by atoms with Crippen LogP contribution >= 0.6 is 0 Å². The van der Waals surface area contributed by atoms with Gasteiger partial charge in [0.25, 0.3) is 0 Å². The van der Waals surface area contributed by atoms with Gasteiger partial charge in [0.05, 0.1) is 0 Å². The van der Waals surface area contributed by atoms with Crippen LogP contribution in [-0.2, 0) is 4.79 Å². The van der Waals surface area contributed by atoms with Crippen LogP contribution in [0.3, 0.4) is 0 Å². The molecule has 3 heteroatoms. The zero-order valence-electron chi connectivity index (χ0n) is 7.31. The molecule has 3 nitrogen and oxygen atoms in total. The fourth-order valence-electron chi connectivity index (χ4n) is 1.40. The number of rotatable bonds is 3. The highest BCUT2D eigenvalue weighted by Gasteiger charge is 2.15. The van der Waals surface area contributed by atoms with Gasteiger partial charge in [0.2, 0.25) is 5.91 Å². The third-order valence-electron chi connectivity index (χ3n) is 2.03. The third-order valence-corrected chi connectivity index (χ3v) is 2.03. The molecule has 1 aliphatic heterocycles. The Hall–Kier alpha value is -0.830. The van der Waals surface area contributed by atoms with Gasteiger partial charge in [0, 0.05) is 25.6 Å². The standard InChI is InChI=1S/C9H16N2O/c1-2-5-10-8-4-3-6-11-9(12)7-8/h2,8,10H,1,3-7H2,(H,11,12). The minimum Gasteiger partial charge on any atom is -0.356 e. The van der Waals surface area contributed by atoms with E-state index >= 15 is 0 Å². The highest BCUT2D eigenvalue weighted by Crippen LogP contribution is 2.05. The van der Waals surface area contributed by atoms with Crippen molar-refractivity contribution in [1.29, 1.82) is 0 Å². The Labute approximate surface area is 73.2 Å². The Morgan fingerprint density at radius 2 is 2.58 bits per heavy atom. The van der Waals surface area contributed by atoms with Crippen molar-refractivity contribution in [2.24, 2.45) is 0 Å². The lowest BCUT2D eigenvalue weighted by molar-refractivity contribution is -0.121. The van der Waals surface area contributed by atoms with Gasteiger partial charge in [-0.05, 0) is 12.8 Å². The molecule has 1 aliphatic rings.